The molecule has 1 fully saturated rings. The largest absolute Gasteiger partial charge is 0.349 e. The molecule has 9 nitrogen and oxygen atoms in total. The number of carbonyl (C=O) groups is 2. The summed E-state index contributed by atoms with van der Waals surface area (Å²) < 4.78 is 2.87. The molecule has 1 aliphatic carbocycles. The highest BCUT2D eigenvalue weighted by Crippen LogP contribution is 2.29. The van der Waals surface area contributed by atoms with Gasteiger partial charge in [-0.15, -0.1) is 16.4 Å². The van der Waals surface area contributed by atoms with Crippen LogP contribution in [-0.4, -0.2) is 43.9 Å². The van der Waals surface area contributed by atoms with Crippen molar-refractivity contribution in [3.8, 4) is 0 Å². The molecule has 200 valence electrons. The van der Waals surface area contributed by atoms with Gasteiger partial charge in [-0.2, -0.15) is 0 Å². The lowest BCUT2D eigenvalue weighted by Crippen LogP contribution is -2.53. The summed E-state index contributed by atoms with van der Waals surface area (Å²) in [6.07, 6.45) is 8.16. The van der Waals surface area contributed by atoms with Crippen molar-refractivity contribution in [3.05, 3.63) is 40.7 Å². The fourth-order valence-corrected chi connectivity index (χ4v) is 6.03. The minimum absolute atomic E-state index is 0.106. The smallest absolute Gasteiger partial charge is 0.243 e. The molecular weight excluding hydrogens is 486 g/mol. The van der Waals surface area contributed by atoms with E-state index in [9.17, 15) is 9.59 Å². The van der Waals surface area contributed by atoms with Crippen molar-refractivity contribution in [3.63, 3.8) is 0 Å². The Hall–Kier alpha value is -2.85. The number of thiazole rings is 1. The van der Waals surface area contributed by atoms with E-state index in [1.165, 1.54) is 12.0 Å². The Morgan fingerprint density at radius 3 is 2.65 bits per heavy atom. The molecule has 1 saturated carbocycles. The van der Waals surface area contributed by atoms with Crippen LogP contribution in [0.2, 0.25) is 0 Å². The van der Waals surface area contributed by atoms with Crippen LogP contribution >= 0.6 is 11.3 Å². The summed E-state index contributed by atoms with van der Waals surface area (Å²) in [7, 11) is 0. The van der Waals surface area contributed by atoms with Crippen molar-refractivity contribution in [1.29, 1.82) is 0 Å². The Morgan fingerprint density at radius 1 is 1.19 bits per heavy atom. The van der Waals surface area contributed by atoms with Gasteiger partial charge >= 0.3 is 0 Å². The predicted octanol–water partition coefficient (Wildman–Crippen LogP) is 3.67. The Morgan fingerprint density at radius 2 is 1.97 bits per heavy atom. The molecule has 0 bridgehead atoms. The van der Waals surface area contributed by atoms with Gasteiger partial charge in [0.15, 0.2) is 0 Å². The average molecular weight is 526 g/mol. The summed E-state index contributed by atoms with van der Waals surface area (Å²) in [6.45, 7) is 6.98. The van der Waals surface area contributed by atoms with Crippen molar-refractivity contribution in [2.75, 3.05) is 0 Å². The third-order valence-corrected chi connectivity index (χ3v) is 8.24. The molecule has 10 heteroatoms. The van der Waals surface area contributed by atoms with E-state index in [0.717, 1.165) is 46.6 Å². The molecule has 3 aromatic rings. The standard InChI is InChI=1S/C27H39N7O2S/c1-4-25(35)29-22(13-26-30-21-11-10-19(17(2)3)12-24(21)37-26)27(36)31-23(18-8-6-5-7-9-18)16-34-15-20(14-28)32-33-34/h10-12,15,17-18,22-23H,4-9,13-14,16,28H2,1-3H3,(H,29,35)(H,31,36). The van der Waals surface area contributed by atoms with Gasteiger partial charge in [-0.25, -0.2) is 4.98 Å². The third kappa shape index (κ3) is 7.13. The van der Waals surface area contributed by atoms with Gasteiger partial charge in [0.1, 0.15) is 6.04 Å². The van der Waals surface area contributed by atoms with Crippen LogP contribution in [0, 0.1) is 5.92 Å². The van der Waals surface area contributed by atoms with Crippen LogP contribution in [0.15, 0.2) is 24.4 Å². The Balaban J connectivity index is 1.53. The second-order valence-corrected chi connectivity index (χ2v) is 11.4. The van der Waals surface area contributed by atoms with Gasteiger partial charge < -0.3 is 16.4 Å². The highest BCUT2D eigenvalue weighted by atomic mass is 32.1. The summed E-state index contributed by atoms with van der Waals surface area (Å²) in [5.41, 5.74) is 8.62. The molecule has 37 heavy (non-hydrogen) atoms. The number of nitrogens with two attached hydrogens (primary N) is 1. The SMILES string of the molecule is CCC(=O)NC(Cc1nc2ccc(C(C)C)cc2s1)C(=O)NC(Cn1cc(CN)nn1)C1CCCCC1. The van der Waals surface area contributed by atoms with Crippen molar-refractivity contribution < 1.29 is 9.59 Å². The van der Waals surface area contributed by atoms with Crippen molar-refractivity contribution in [1.82, 2.24) is 30.6 Å². The molecule has 0 saturated heterocycles. The molecule has 2 unspecified atom stereocenters. The average Bonchev–Trinajstić information content (AvgIpc) is 3.53. The first-order chi connectivity index (χ1) is 17.9. The van der Waals surface area contributed by atoms with Crippen LogP contribution in [0.1, 0.15) is 81.5 Å². The van der Waals surface area contributed by atoms with Crippen molar-refractivity contribution in [2.45, 2.75) is 96.8 Å². The number of rotatable bonds is 11. The van der Waals surface area contributed by atoms with E-state index < -0.39 is 6.04 Å². The zero-order valence-corrected chi connectivity index (χ0v) is 22.9. The molecule has 2 amide bonds. The monoisotopic (exact) mass is 525 g/mol. The minimum atomic E-state index is -0.695. The van der Waals surface area contributed by atoms with E-state index in [1.807, 2.05) is 12.3 Å². The molecule has 2 aromatic heterocycles. The molecule has 1 aliphatic rings. The number of aromatic nitrogens is 4. The maximum atomic E-state index is 13.6. The highest BCUT2D eigenvalue weighted by molar-refractivity contribution is 7.18. The highest BCUT2D eigenvalue weighted by Gasteiger charge is 2.30. The predicted molar refractivity (Wildman–Crippen MR) is 146 cm³/mol. The van der Waals surface area contributed by atoms with Crippen LogP contribution in [-0.2, 0) is 29.1 Å². The maximum Gasteiger partial charge on any atom is 0.243 e. The van der Waals surface area contributed by atoms with Crippen molar-refractivity contribution >= 4 is 33.4 Å². The number of benzene rings is 1. The Bertz CT molecular complexity index is 1200. The molecular formula is C27H39N7O2S. The molecule has 1 aromatic carbocycles. The number of hydrogen-bond donors (Lipinski definition) is 3. The van der Waals surface area contributed by atoms with Crippen LogP contribution in [0.25, 0.3) is 10.2 Å². The lowest BCUT2D eigenvalue weighted by atomic mass is 9.83. The second kappa shape index (κ2) is 12.6. The van der Waals surface area contributed by atoms with Crippen LogP contribution < -0.4 is 16.4 Å². The molecule has 0 aliphatic heterocycles. The van der Waals surface area contributed by atoms with Gasteiger partial charge in [0, 0.05) is 25.6 Å². The van der Waals surface area contributed by atoms with Gasteiger partial charge in [-0.05, 0) is 42.4 Å². The number of amides is 2. The van der Waals surface area contributed by atoms with E-state index in [0.29, 0.717) is 37.8 Å². The fourth-order valence-electron chi connectivity index (χ4n) is 4.97. The quantitative estimate of drug-likeness (QED) is 0.350. The summed E-state index contributed by atoms with van der Waals surface area (Å²) in [6, 6.07) is 5.52. The normalized spacial score (nSPS) is 16.1. The van der Waals surface area contributed by atoms with Crippen LogP contribution in [0.3, 0.4) is 0 Å². The Labute approximate surface area is 222 Å². The first-order valence-corrected chi connectivity index (χ1v) is 14.3. The third-order valence-electron chi connectivity index (χ3n) is 7.20. The molecule has 4 N–H and O–H groups in total. The summed E-state index contributed by atoms with van der Waals surface area (Å²) >= 11 is 1.59. The van der Waals surface area contributed by atoms with E-state index in [4.69, 9.17) is 10.7 Å². The van der Waals surface area contributed by atoms with Gasteiger partial charge in [0.2, 0.25) is 11.8 Å². The van der Waals surface area contributed by atoms with E-state index in [-0.39, 0.29) is 17.9 Å². The lowest BCUT2D eigenvalue weighted by Gasteiger charge is -2.32. The molecule has 2 heterocycles. The number of nitrogens with one attached hydrogen (secondary N) is 2. The zero-order chi connectivity index (χ0) is 26.4. The first-order valence-electron chi connectivity index (χ1n) is 13.4. The summed E-state index contributed by atoms with van der Waals surface area (Å²) in [5, 5.41) is 15.4. The maximum absolute atomic E-state index is 13.6. The lowest BCUT2D eigenvalue weighted by molar-refractivity contribution is -0.129. The fraction of sp³-hybridized carbons (Fsp3) is 0.593. The zero-order valence-electron chi connectivity index (χ0n) is 22.1. The van der Waals surface area contributed by atoms with Crippen LogP contribution in [0.4, 0.5) is 0 Å². The van der Waals surface area contributed by atoms with Gasteiger partial charge in [-0.1, -0.05) is 51.3 Å². The Kier molecular flexibility index (Phi) is 9.26. The first kappa shape index (κ1) is 27.2. The minimum Gasteiger partial charge on any atom is -0.349 e. The van der Waals surface area contributed by atoms with Crippen LogP contribution in [0.5, 0.6) is 0 Å². The van der Waals surface area contributed by atoms with E-state index in [1.54, 1.807) is 22.9 Å². The van der Waals surface area contributed by atoms with Gasteiger partial charge in [0.25, 0.3) is 0 Å². The summed E-state index contributed by atoms with van der Waals surface area (Å²) in [5.74, 6) is 0.447. The molecule has 0 spiro atoms. The molecule has 4 rings (SSSR count). The number of carbonyl (C=O) groups excluding carboxylic acids is 2. The van der Waals surface area contributed by atoms with Gasteiger partial charge in [0.05, 0.1) is 33.5 Å². The number of nitrogens with zero attached hydrogens (tertiary/aromatic N) is 4. The molecule has 2 atom stereocenters. The summed E-state index contributed by atoms with van der Waals surface area (Å²) in [4.78, 5) is 30.8. The van der Waals surface area contributed by atoms with Gasteiger partial charge in [-0.3, -0.25) is 14.3 Å². The van der Waals surface area contributed by atoms with E-state index >= 15 is 0 Å². The second-order valence-electron chi connectivity index (χ2n) is 10.3. The molecule has 0 radical (unpaired) electrons. The topological polar surface area (TPSA) is 128 Å². The number of hydrogen-bond acceptors (Lipinski definition) is 7. The van der Waals surface area contributed by atoms with E-state index in [2.05, 4.69) is 46.9 Å². The number of fused-ring (bicyclic) bond motifs is 1. The van der Waals surface area contributed by atoms with Crippen molar-refractivity contribution in [2.24, 2.45) is 11.7 Å².